The van der Waals surface area contributed by atoms with Crippen LogP contribution < -0.4 is 10.7 Å². The van der Waals surface area contributed by atoms with Gasteiger partial charge in [0.05, 0.1) is 29.7 Å². The van der Waals surface area contributed by atoms with E-state index in [1.165, 1.54) is 18.3 Å². The molecule has 0 aliphatic heterocycles. The summed E-state index contributed by atoms with van der Waals surface area (Å²) < 4.78 is 14.4. The highest BCUT2D eigenvalue weighted by atomic mass is 35.5. The van der Waals surface area contributed by atoms with Crippen molar-refractivity contribution < 1.29 is 9.18 Å². The van der Waals surface area contributed by atoms with E-state index in [0.29, 0.717) is 32.8 Å². The normalized spacial score (nSPS) is 11.0. The molecule has 0 bridgehead atoms. The van der Waals surface area contributed by atoms with Gasteiger partial charge < -0.3 is 5.32 Å². The number of hydrogen-bond donors (Lipinski definition) is 2. The van der Waals surface area contributed by atoms with Crippen LogP contribution in [0.1, 0.15) is 11.3 Å². The van der Waals surface area contributed by atoms with Gasteiger partial charge in [0, 0.05) is 10.7 Å². The van der Waals surface area contributed by atoms with Crippen molar-refractivity contribution in [1.29, 1.82) is 0 Å². The number of anilines is 1. The topological polar surface area (TPSA) is 71.3 Å². The Bertz CT molecular complexity index is 1020. The molecule has 3 aromatic rings. The number of carbonyl (C=O) groups is 1. The molecule has 3 rings (SSSR count). The Morgan fingerprint density at radius 3 is 2.71 bits per heavy atom. The van der Waals surface area contributed by atoms with Gasteiger partial charge in [-0.2, -0.15) is 10.2 Å². The minimum absolute atomic E-state index is 0.0164. The summed E-state index contributed by atoms with van der Waals surface area (Å²) in [5.74, 6) is -0.707. The van der Waals surface area contributed by atoms with E-state index in [0.717, 1.165) is 0 Å². The summed E-state index contributed by atoms with van der Waals surface area (Å²) in [5, 5.41) is 12.1. The molecule has 0 spiro atoms. The number of benzene rings is 2. The minimum Gasteiger partial charge on any atom is -0.376 e. The molecule has 0 aliphatic rings. The van der Waals surface area contributed by atoms with Crippen molar-refractivity contribution in [3.63, 3.8) is 0 Å². The van der Waals surface area contributed by atoms with Gasteiger partial charge in [-0.05, 0) is 49.4 Å². The van der Waals surface area contributed by atoms with Crippen LogP contribution in [0, 0.1) is 12.7 Å². The smallest absolute Gasteiger partial charge is 0.259 e. The minimum atomic E-state index is -0.364. The van der Waals surface area contributed by atoms with E-state index < -0.39 is 0 Å². The van der Waals surface area contributed by atoms with Gasteiger partial charge in [-0.25, -0.2) is 14.5 Å². The summed E-state index contributed by atoms with van der Waals surface area (Å²) in [7, 11) is 0. The molecule has 0 fully saturated rings. The van der Waals surface area contributed by atoms with E-state index in [1.54, 1.807) is 41.9 Å². The summed E-state index contributed by atoms with van der Waals surface area (Å²) in [6, 6.07) is 12.8. The first-order chi connectivity index (χ1) is 13.4. The maximum Gasteiger partial charge on any atom is 0.259 e. The highest BCUT2D eigenvalue weighted by molar-refractivity contribution is 6.32. The summed E-state index contributed by atoms with van der Waals surface area (Å²) in [6.07, 6.45) is 1.43. The van der Waals surface area contributed by atoms with Gasteiger partial charge in [0.25, 0.3) is 5.91 Å². The van der Waals surface area contributed by atoms with E-state index in [2.05, 4.69) is 20.9 Å². The van der Waals surface area contributed by atoms with Crippen LogP contribution in [-0.4, -0.2) is 28.4 Å². The molecule has 28 heavy (non-hydrogen) atoms. The number of nitrogens with zero attached hydrogens (tertiary/aromatic N) is 3. The van der Waals surface area contributed by atoms with Gasteiger partial charge in [0.1, 0.15) is 11.0 Å². The van der Waals surface area contributed by atoms with Crippen molar-refractivity contribution in [3.05, 3.63) is 75.8 Å². The van der Waals surface area contributed by atoms with E-state index in [9.17, 15) is 9.18 Å². The largest absolute Gasteiger partial charge is 0.376 e. The van der Waals surface area contributed by atoms with Gasteiger partial charge in [-0.1, -0.05) is 29.3 Å². The number of hydrazone groups is 1. The fourth-order valence-electron chi connectivity index (χ4n) is 2.40. The number of carbonyl (C=O) groups excluding carboxylic acids is 1. The molecule has 6 nitrogen and oxygen atoms in total. The average Bonchev–Trinajstić information content (AvgIpc) is 2.96. The van der Waals surface area contributed by atoms with Crippen molar-refractivity contribution in [2.45, 2.75) is 6.92 Å². The first-order valence-electron chi connectivity index (χ1n) is 8.26. The van der Waals surface area contributed by atoms with Crippen molar-refractivity contribution >= 4 is 41.0 Å². The van der Waals surface area contributed by atoms with E-state index >= 15 is 0 Å². The number of amides is 1. The van der Waals surface area contributed by atoms with Crippen molar-refractivity contribution in [1.82, 2.24) is 15.2 Å². The molecule has 0 saturated heterocycles. The van der Waals surface area contributed by atoms with Crippen LogP contribution >= 0.6 is 23.2 Å². The number of halogens is 3. The van der Waals surface area contributed by atoms with Gasteiger partial charge in [-0.15, -0.1) is 0 Å². The monoisotopic (exact) mass is 419 g/mol. The predicted octanol–water partition coefficient (Wildman–Crippen LogP) is 4.19. The van der Waals surface area contributed by atoms with Crippen molar-refractivity contribution in [2.24, 2.45) is 5.10 Å². The number of nitrogens with one attached hydrogen (secondary N) is 2. The molecule has 1 aromatic heterocycles. The Kier molecular flexibility index (Phi) is 6.28. The molecule has 0 unspecified atom stereocenters. The molecule has 2 N–H and O–H groups in total. The predicted molar refractivity (Wildman–Crippen MR) is 109 cm³/mol. The molecule has 1 heterocycles. The fraction of sp³-hybridized carbons (Fsp3) is 0.105. The summed E-state index contributed by atoms with van der Waals surface area (Å²) in [6.45, 7) is 1.77. The van der Waals surface area contributed by atoms with Crippen LogP contribution in [0.15, 0.2) is 53.6 Å². The maximum atomic E-state index is 12.9. The number of aryl methyl sites for hydroxylation is 1. The molecule has 144 valence electrons. The summed E-state index contributed by atoms with van der Waals surface area (Å²) >= 11 is 12.4. The zero-order valence-electron chi connectivity index (χ0n) is 14.8. The molecule has 1 amide bonds. The Balaban J connectivity index is 1.62. The zero-order valence-corrected chi connectivity index (χ0v) is 16.3. The van der Waals surface area contributed by atoms with Crippen molar-refractivity contribution in [3.8, 4) is 5.69 Å². The first-order valence-corrected chi connectivity index (χ1v) is 9.02. The van der Waals surface area contributed by atoms with Crippen LogP contribution in [0.3, 0.4) is 0 Å². The molecule has 0 radical (unpaired) electrons. The zero-order chi connectivity index (χ0) is 20.1. The Morgan fingerprint density at radius 1 is 1.25 bits per heavy atom. The number of hydrogen-bond acceptors (Lipinski definition) is 4. The molecule has 9 heteroatoms. The summed E-state index contributed by atoms with van der Waals surface area (Å²) in [4.78, 5) is 11.9. The Labute approximate surface area is 171 Å². The van der Waals surface area contributed by atoms with Crippen molar-refractivity contribution in [2.75, 3.05) is 11.9 Å². The Morgan fingerprint density at radius 2 is 2.00 bits per heavy atom. The van der Waals surface area contributed by atoms with E-state index in [1.807, 2.05) is 6.07 Å². The SMILES string of the molecule is Cc1nn(-c2cccc(Cl)c2)c(Cl)c1C=NNC(=O)CNc1ccc(F)cc1. The first kappa shape index (κ1) is 19.9. The lowest BCUT2D eigenvalue weighted by atomic mass is 10.3. The second kappa shape index (κ2) is 8.86. The van der Waals surface area contributed by atoms with Gasteiger partial charge in [0.2, 0.25) is 0 Å². The molecule has 0 saturated carbocycles. The molecule has 0 atom stereocenters. The Hall–Kier alpha value is -2.90. The van der Waals surface area contributed by atoms with E-state index in [4.69, 9.17) is 23.2 Å². The lowest BCUT2D eigenvalue weighted by Gasteiger charge is -2.05. The van der Waals surface area contributed by atoms with Crippen LogP contribution in [0.25, 0.3) is 5.69 Å². The number of aromatic nitrogens is 2. The fourth-order valence-corrected chi connectivity index (χ4v) is 2.90. The second-order valence-corrected chi connectivity index (χ2v) is 6.63. The lowest BCUT2D eigenvalue weighted by molar-refractivity contribution is -0.119. The molecular formula is C19H16Cl2FN5O. The molecule has 2 aromatic carbocycles. The van der Waals surface area contributed by atoms with Crippen LogP contribution in [0.5, 0.6) is 0 Å². The second-order valence-electron chi connectivity index (χ2n) is 5.84. The molecular weight excluding hydrogens is 404 g/mol. The van der Waals surface area contributed by atoms with Crippen LogP contribution in [-0.2, 0) is 4.79 Å². The van der Waals surface area contributed by atoms with Crippen LogP contribution in [0.4, 0.5) is 10.1 Å². The van der Waals surface area contributed by atoms with Gasteiger partial charge in [-0.3, -0.25) is 4.79 Å². The standard InChI is InChI=1S/C19H16Cl2FN5O/c1-12-17(19(21)27(26-12)16-4-2-3-13(20)9-16)10-24-25-18(28)11-23-15-7-5-14(22)6-8-15/h2-10,23H,11H2,1H3,(H,25,28). The lowest BCUT2D eigenvalue weighted by Crippen LogP contribution is -2.25. The summed E-state index contributed by atoms with van der Waals surface area (Å²) in [5.41, 5.74) is 4.97. The molecule has 0 aliphatic carbocycles. The quantitative estimate of drug-likeness (QED) is 0.464. The third kappa shape index (κ3) is 4.88. The number of rotatable bonds is 6. The average molecular weight is 420 g/mol. The van der Waals surface area contributed by atoms with Crippen LogP contribution in [0.2, 0.25) is 10.2 Å². The third-order valence-corrected chi connectivity index (χ3v) is 4.38. The van der Waals surface area contributed by atoms with E-state index in [-0.39, 0.29) is 18.3 Å². The highest BCUT2D eigenvalue weighted by Gasteiger charge is 2.13. The third-order valence-electron chi connectivity index (χ3n) is 3.78. The maximum absolute atomic E-state index is 12.9. The van der Waals surface area contributed by atoms with Gasteiger partial charge >= 0.3 is 0 Å². The van der Waals surface area contributed by atoms with Gasteiger partial charge in [0.15, 0.2) is 0 Å². The highest BCUT2D eigenvalue weighted by Crippen LogP contribution is 2.23.